The molecule has 2 aliphatic rings. The fourth-order valence-electron chi connectivity index (χ4n) is 3.69. The molecular weight excluding hydrogens is 589 g/mol. The molecule has 6 unspecified atom stereocenters. The Bertz CT molecular complexity index is 862. The molecule has 0 spiro atoms. The van der Waals surface area contributed by atoms with E-state index in [1.54, 1.807) is 0 Å². The fourth-order valence-corrected chi connectivity index (χ4v) is 15.9. The zero-order chi connectivity index (χ0) is 25.2. The van der Waals surface area contributed by atoms with Gasteiger partial charge < -0.3 is 0 Å². The maximum atomic E-state index is 11.6. The molecule has 2 heterocycles. The first-order valence-electron chi connectivity index (χ1n) is 11.4. The number of thioether (sulfide) groups is 8. The van der Waals surface area contributed by atoms with Crippen LogP contribution in [0.2, 0.25) is 0 Å². The van der Waals surface area contributed by atoms with Crippen molar-refractivity contribution in [3.8, 4) is 0 Å². The van der Waals surface area contributed by atoms with Gasteiger partial charge in [-0.3, -0.25) is 9.59 Å². The Morgan fingerprint density at radius 2 is 1.37 bits per heavy atom. The van der Waals surface area contributed by atoms with Crippen LogP contribution in [0, 0.1) is 0 Å². The van der Waals surface area contributed by atoms with Gasteiger partial charge in [0.2, 0.25) is 10.2 Å². The summed E-state index contributed by atoms with van der Waals surface area (Å²) in [7, 11) is 0. The third-order valence-electron chi connectivity index (χ3n) is 5.39. The highest BCUT2D eigenvalue weighted by Gasteiger charge is 2.35. The van der Waals surface area contributed by atoms with Gasteiger partial charge in [0, 0.05) is 33.5 Å². The van der Waals surface area contributed by atoms with Crippen LogP contribution < -0.4 is 0 Å². The Labute approximate surface area is 244 Å². The zero-order valence-electron chi connectivity index (χ0n) is 20.0. The third-order valence-corrected chi connectivity index (χ3v) is 17.6. The Kier molecular flexibility index (Phi) is 13.9. The van der Waals surface area contributed by atoms with Crippen LogP contribution in [0.15, 0.2) is 49.6 Å². The molecule has 0 radical (unpaired) electrons. The van der Waals surface area contributed by atoms with Crippen LogP contribution in [0.5, 0.6) is 0 Å². The lowest BCUT2D eigenvalue weighted by molar-refractivity contribution is -0.107. The van der Waals surface area contributed by atoms with E-state index in [1.165, 1.54) is 46.8 Å². The number of benzene rings is 1. The van der Waals surface area contributed by atoms with E-state index in [4.69, 9.17) is 0 Å². The van der Waals surface area contributed by atoms with Gasteiger partial charge in [-0.05, 0) is 35.3 Å². The number of rotatable bonds is 13. The molecule has 0 bridgehead atoms. The van der Waals surface area contributed by atoms with Crippen molar-refractivity contribution in [1.29, 1.82) is 0 Å². The van der Waals surface area contributed by atoms with Gasteiger partial charge in [-0.25, -0.2) is 0 Å². The smallest absolute Gasteiger partial charge is 0.211 e. The maximum absolute atomic E-state index is 11.6. The summed E-state index contributed by atoms with van der Waals surface area (Å²) < 4.78 is 1.03. The van der Waals surface area contributed by atoms with Gasteiger partial charge in [0.05, 0.1) is 19.7 Å². The molecule has 1 aromatic rings. The predicted molar refractivity (Wildman–Crippen MR) is 174 cm³/mol. The molecular formula is C25H32O2S8. The summed E-state index contributed by atoms with van der Waals surface area (Å²) in [6.07, 6.45) is 5.04. The highest BCUT2D eigenvalue weighted by Crippen LogP contribution is 2.52. The summed E-state index contributed by atoms with van der Waals surface area (Å²) >= 11 is 14.9. The molecule has 6 atom stereocenters. The molecule has 35 heavy (non-hydrogen) atoms. The van der Waals surface area contributed by atoms with Gasteiger partial charge in [0.15, 0.2) is 0 Å². The van der Waals surface area contributed by atoms with E-state index in [2.05, 4.69) is 50.6 Å². The highest BCUT2D eigenvalue weighted by molar-refractivity contribution is 8.23. The number of carbonyl (C=O) groups is 2. The van der Waals surface area contributed by atoms with Gasteiger partial charge in [-0.15, -0.1) is 47.0 Å². The highest BCUT2D eigenvalue weighted by atomic mass is 32.2. The first-order chi connectivity index (χ1) is 17.0. The normalized spacial score (nSPS) is 25.8. The molecule has 0 aromatic heterocycles. The van der Waals surface area contributed by atoms with Crippen molar-refractivity contribution in [3.05, 3.63) is 60.7 Å². The van der Waals surface area contributed by atoms with Gasteiger partial charge in [0.1, 0.15) is 0 Å². The second-order valence-electron chi connectivity index (χ2n) is 7.79. The third kappa shape index (κ3) is 9.22. The second-order valence-corrected chi connectivity index (χ2v) is 18.1. The summed E-state index contributed by atoms with van der Waals surface area (Å²) in [4.78, 5) is 23.2. The monoisotopic (exact) mass is 620 g/mol. The summed E-state index contributed by atoms with van der Waals surface area (Å²) in [5, 5.41) is 2.09. The van der Waals surface area contributed by atoms with Gasteiger partial charge in [0.25, 0.3) is 0 Å². The van der Waals surface area contributed by atoms with E-state index in [-0.39, 0.29) is 10.2 Å². The van der Waals surface area contributed by atoms with Crippen molar-refractivity contribution in [2.45, 2.75) is 37.1 Å². The molecule has 0 amide bonds. The van der Waals surface area contributed by atoms with Crippen molar-refractivity contribution in [2.75, 3.05) is 35.0 Å². The van der Waals surface area contributed by atoms with Crippen LogP contribution in [-0.4, -0.2) is 64.9 Å². The maximum Gasteiger partial charge on any atom is 0.211 e. The van der Waals surface area contributed by atoms with Crippen molar-refractivity contribution < 1.29 is 9.59 Å². The molecule has 192 valence electrons. The standard InChI is InChI=1S/C25H32O2S8/c1-5-20(26)30-12-18-14-32-24(34-18)22(28-4)16-8-10-17(11-9-16)23(29-7-3)25-33-15-19(35-25)13-31-21(27)6-2/h5-6,8-11,18-19,22-25H,1-2,7,12-15H2,3-4H3. The number of carbonyl (C=O) groups excluding carboxylic acids is 2. The van der Waals surface area contributed by atoms with E-state index in [0.29, 0.717) is 30.2 Å². The van der Waals surface area contributed by atoms with Crippen LogP contribution in [0.25, 0.3) is 0 Å². The molecule has 3 rings (SSSR count). The van der Waals surface area contributed by atoms with E-state index >= 15 is 0 Å². The zero-order valence-corrected chi connectivity index (χ0v) is 26.5. The summed E-state index contributed by atoms with van der Waals surface area (Å²) in [5.41, 5.74) is 2.80. The molecule has 2 aliphatic heterocycles. The van der Waals surface area contributed by atoms with Gasteiger partial charge in [-0.1, -0.05) is 67.9 Å². The minimum Gasteiger partial charge on any atom is -0.282 e. The lowest BCUT2D eigenvalue weighted by Crippen LogP contribution is -2.11. The van der Waals surface area contributed by atoms with Crippen LogP contribution in [0.1, 0.15) is 28.6 Å². The van der Waals surface area contributed by atoms with Crippen molar-refractivity contribution >= 4 is 104 Å². The Morgan fingerprint density at radius 3 is 1.80 bits per heavy atom. The second kappa shape index (κ2) is 16.1. The van der Waals surface area contributed by atoms with E-state index in [9.17, 15) is 9.59 Å². The molecule has 0 N–H and O–H groups in total. The van der Waals surface area contributed by atoms with Crippen LogP contribution >= 0.6 is 94.1 Å². The topological polar surface area (TPSA) is 34.1 Å². The molecule has 0 saturated carbocycles. The quantitative estimate of drug-likeness (QED) is 0.202. The summed E-state index contributed by atoms with van der Waals surface area (Å²) in [6.45, 7) is 9.39. The van der Waals surface area contributed by atoms with Crippen molar-refractivity contribution in [1.82, 2.24) is 0 Å². The largest absolute Gasteiger partial charge is 0.282 e. The lowest BCUT2D eigenvalue weighted by Gasteiger charge is -2.24. The van der Waals surface area contributed by atoms with E-state index < -0.39 is 0 Å². The molecule has 0 aliphatic carbocycles. The van der Waals surface area contributed by atoms with Gasteiger partial charge in [-0.2, -0.15) is 23.5 Å². The molecule has 2 nitrogen and oxygen atoms in total. The summed E-state index contributed by atoms with van der Waals surface area (Å²) in [6, 6.07) is 9.36. The average molecular weight is 621 g/mol. The van der Waals surface area contributed by atoms with E-state index in [1.807, 2.05) is 70.6 Å². The minimum absolute atomic E-state index is 0.0736. The Hall–Kier alpha value is 0.840. The first-order valence-corrected chi connectivity index (χ1v) is 19.6. The molecule has 2 saturated heterocycles. The Morgan fingerprint density at radius 1 is 0.914 bits per heavy atom. The van der Waals surface area contributed by atoms with Crippen LogP contribution in [0.4, 0.5) is 0 Å². The van der Waals surface area contributed by atoms with E-state index in [0.717, 1.165) is 28.8 Å². The molecule has 10 heteroatoms. The SMILES string of the molecule is C=CC(=O)SCC1CSC(C(SC)c2ccc(C(SCC)C3SCC(CSC(=O)C=C)S3)cc2)S1. The van der Waals surface area contributed by atoms with Crippen LogP contribution in [-0.2, 0) is 9.59 Å². The van der Waals surface area contributed by atoms with Crippen LogP contribution in [0.3, 0.4) is 0 Å². The van der Waals surface area contributed by atoms with Crippen molar-refractivity contribution in [3.63, 3.8) is 0 Å². The fraction of sp³-hybridized carbons (Fsp3) is 0.520. The first kappa shape index (κ1) is 30.4. The molecule has 1 aromatic carbocycles. The average Bonchev–Trinajstić information content (AvgIpc) is 3.55. The molecule has 2 fully saturated rings. The summed E-state index contributed by atoms with van der Waals surface area (Å²) in [5.74, 6) is 5.04. The minimum atomic E-state index is 0.0736. The predicted octanol–water partition coefficient (Wildman–Crippen LogP) is 8.13. The van der Waals surface area contributed by atoms with Crippen molar-refractivity contribution in [2.24, 2.45) is 0 Å². The van der Waals surface area contributed by atoms with Gasteiger partial charge >= 0.3 is 0 Å². The Balaban J connectivity index is 1.60. The number of hydrogen-bond donors (Lipinski definition) is 0. The lowest BCUT2D eigenvalue weighted by atomic mass is 10.1. The number of hydrogen-bond acceptors (Lipinski definition) is 10.